The fraction of sp³-hybridized carbons (Fsp3) is 0.614. The Kier molecular flexibility index (Phi) is 13.9. The zero-order valence-corrected chi connectivity index (χ0v) is 32.6. The third kappa shape index (κ3) is 8.71. The van der Waals surface area contributed by atoms with Gasteiger partial charge in [0.25, 0.3) is 0 Å². The molecule has 1 aromatic carbocycles. The molecule has 0 bridgehead atoms. The number of unbranched alkanes of at least 4 members (excludes halogenated alkanes) is 2. The van der Waals surface area contributed by atoms with Crippen molar-refractivity contribution in [3.8, 4) is 11.5 Å². The molecule has 6 unspecified atom stereocenters. The summed E-state index contributed by atoms with van der Waals surface area (Å²) in [5.74, 6) is 0.774. The van der Waals surface area contributed by atoms with Gasteiger partial charge in [-0.05, 0) is 92.7 Å². The van der Waals surface area contributed by atoms with Crippen LogP contribution in [0.3, 0.4) is 0 Å². The molecule has 6 rings (SSSR count). The van der Waals surface area contributed by atoms with Crippen molar-refractivity contribution < 1.29 is 34.1 Å². The molecule has 294 valence electrons. The molecule has 0 spiro atoms. The first-order chi connectivity index (χ1) is 26.3. The fourth-order valence-corrected chi connectivity index (χ4v) is 9.74. The summed E-state index contributed by atoms with van der Waals surface area (Å²) in [5.41, 5.74) is 4.66. The number of likely N-dealkylation sites (N-methyl/N-ethyl adjacent to an activating group) is 1. The predicted octanol–water partition coefficient (Wildman–Crippen LogP) is 7.66. The first-order valence-corrected chi connectivity index (χ1v) is 20.3. The van der Waals surface area contributed by atoms with Crippen molar-refractivity contribution in [1.29, 1.82) is 0 Å². The zero-order chi connectivity index (χ0) is 38.1. The third-order valence-electron chi connectivity index (χ3n) is 12.3. The standard InChI is InChI=1S/C44H61N3O7/c1-5-25-53-44-40(47(3)41(50)22-19-31-14-6-7-15-31)28-38(46-51-4)36-26-32(16-8-10-23-48)35(18-9-11-24-49)42(43(36)44)37-27-34(20-21-39(37)54-44)52-29-33-17-12-13-30(2)45-33/h5,12-13,17,20-21,26-27,31-32,35,40,42-43,48-49H,1,6-11,14-16,18-19,22-25,28-29H2,2-4H3. The average molecular weight is 744 g/mol. The number of hydrogen-bond donors (Lipinski definition) is 2. The van der Waals surface area contributed by atoms with E-state index in [0.29, 0.717) is 37.5 Å². The van der Waals surface area contributed by atoms with E-state index in [2.05, 4.69) is 28.9 Å². The molecule has 4 aliphatic rings. The van der Waals surface area contributed by atoms with Gasteiger partial charge in [-0.2, -0.15) is 0 Å². The number of aryl methyl sites for hydroxylation is 1. The summed E-state index contributed by atoms with van der Waals surface area (Å²) in [5, 5.41) is 24.3. The molecular formula is C44H61N3O7. The van der Waals surface area contributed by atoms with Gasteiger partial charge in [-0.1, -0.05) is 61.9 Å². The Hall–Kier alpha value is -3.73. The number of hydrogen-bond acceptors (Lipinski definition) is 9. The zero-order valence-electron chi connectivity index (χ0n) is 32.6. The van der Waals surface area contributed by atoms with Crippen molar-refractivity contribution in [2.24, 2.45) is 28.8 Å². The van der Waals surface area contributed by atoms with Gasteiger partial charge in [-0.15, -0.1) is 6.58 Å². The Labute approximate surface area is 321 Å². The Balaban J connectivity index is 1.47. The molecule has 1 aliphatic heterocycles. The van der Waals surface area contributed by atoms with Crippen LogP contribution in [-0.2, 0) is 21.0 Å². The van der Waals surface area contributed by atoms with Gasteiger partial charge >= 0.3 is 0 Å². The van der Waals surface area contributed by atoms with Crippen LogP contribution in [0.2, 0.25) is 0 Å². The summed E-state index contributed by atoms with van der Waals surface area (Å²) in [7, 11) is 3.47. The summed E-state index contributed by atoms with van der Waals surface area (Å²) >= 11 is 0. The number of oxime groups is 1. The maximum absolute atomic E-state index is 14.2. The Bertz CT molecular complexity index is 1640. The molecule has 2 saturated carbocycles. The summed E-state index contributed by atoms with van der Waals surface area (Å²) in [6.07, 6.45) is 15.7. The molecule has 1 aromatic heterocycles. The van der Waals surface area contributed by atoms with E-state index < -0.39 is 11.8 Å². The first-order valence-electron chi connectivity index (χ1n) is 20.3. The van der Waals surface area contributed by atoms with Crippen LogP contribution in [0.15, 0.2) is 65.9 Å². The normalized spacial score (nSPS) is 26.7. The SMILES string of the molecule is C=CCOC12Oc3ccc(OCc4cccc(C)n4)cc3C3C(CCCCO)C(CCCCO)C=C(C(=NOC)CC1N(C)C(=O)CCC1CCCC1)C32. The highest BCUT2D eigenvalue weighted by atomic mass is 16.7. The third-order valence-corrected chi connectivity index (χ3v) is 12.3. The molecule has 54 heavy (non-hydrogen) atoms. The number of rotatable bonds is 19. The number of aromatic nitrogens is 1. The molecule has 0 radical (unpaired) electrons. The van der Waals surface area contributed by atoms with Gasteiger partial charge in [0, 0.05) is 50.3 Å². The molecule has 6 atom stereocenters. The number of amides is 1. The number of carbonyl (C=O) groups is 1. The smallest absolute Gasteiger partial charge is 0.239 e. The number of aliphatic hydroxyl groups is 2. The molecule has 2 fully saturated rings. The van der Waals surface area contributed by atoms with Crippen LogP contribution < -0.4 is 9.47 Å². The monoisotopic (exact) mass is 743 g/mol. The minimum atomic E-state index is -1.23. The maximum atomic E-state index is 14.2. The highest BCUT2D eigenvalue weighted by molar-refractivity contribution is 6.03. The maximum Gasteiger partial charge on any atom is 0.239 e. The van der Waals surface area contributed by atoms with E-state index in [-0.39, 0.29) is 49.4 Å². The topological polar surface area (TPSA) is 123 Å². The Morgan fingerprint density at radius 2 is 1.87 bits per heavy atom. The van der Waals surface area contributed by atoms with Gasteiger partial charge in [-0.3, -0.25) is 9.78 Å². The Morgan fingerprint density at radius 1 is 1.09 bits per heavy atom. The second-order valence-corrected chi connectivity index (χ2v) is 15.7. The lowest BCUT2D eigenvalue weighted by molar-refractivity contribution is -0.255. The van der Waals surface area contributed by atoms with Gasteiger partial charge in [0.05, 0.1) is 23.9 Å². The van der Waals surface area contributed by atoms with Crippen molar-refractivity contribution >= 4 is 11.6 Å². The van der Waals surface area contributed by atoms with Crippen molar-refractivity contribution in [3.63, 3.8) is 0 Å². The van der Waals surface area contributed by atoms with Crippen LogP contribution in [-0.4, -0.2) is 77.5 Å². The summed E-state index contributed by atoms with van der Waals surface area (Å²) in [4.78, 5) is 26.2. The lowest BCUT2D eigenvalue weighted by Gasteiger charge is -2.59. The van der Waals surface area contributed by atoms with Gasteiger partial charge in [0.15, 0.2) is 0 Å². The number of allylic oxidation sites excluding steroid dienone is 1. The summed E-state index contributed by atoms with van der Waals surface area (Å²) < 4.78 is 20.6. The minimum Gasteiger partial charge on any atom is -0.487 e. The van der Waals surface area contributed by atoms with Crippen LogP contribution in [0.4, 0.5) is 0 Å². The second kappa shape index (κ2) is 18.7. The number of benzene rings is 1. The minimum absolute atomic E-state index is 0.0781. The van der Waals surface area contributed by atoms with Crippen molar-refractivity contribution in [3.05, 3.63) is 77.7 Å². The molecule has 10 nitrogen and oxygen atoms in total. The molecule has 2 heterocycles. The van der Waals surface area contributed by atoms with Gasteiger partial charge in [0.2, 0.25) is 11.7 Å². The van der Waals surface area contributed by atoms with Gasteiger partial charge < -0.3 is 34.2 Å². The molecule has 1 amide bonds. The number of aliphatic hydroxyl groups excluding tert-OH is 2. The van der Waals surface area contributed by atoms with E-state index >= 15 is 0 Å². The van der Waals surface area contributed by atoms with Gasteiger partial charge in [-0.25, -0.2) is 0 Å². The fourth-order valence-electron chi connectivity index (χ4n) is 9.74. The highest BCUT2D eigenvalue weighted by Gasteiger charge is 2.65. The van der Waals surface area contributed by atoms with E-state index in [4.69, 9.17) is 19.0 Å². The number of carbonyl (C=O) groups excluding carboxylic acids is 1. The van der Waals surface area contributed by atoms with Crippen molar-refractivity contribution in [2.75, 3.05) is 34.0 Å². The number of pyridine rings is 1. The molecule has 3 aliphatic carbocycles. The molecule has 2 N–H and O–H groups in total. The van der Waals surface area contributed by atoms with E-state index in [1.54, 1.807) is 13.2 Å². The van der Waals surface area contributed by atoms with Crippen molar-refractivity contribution in [2.45, 2.75) is 115 Å². The van der Waals surface area contributed by atoms with Gasteiger partial charge in [0.1, 0.15) is 31.3 Å². The van der Waals surface area contributed by atoms with E-state index in [0.717, 1.165) is 72.5 Å². The number of fused-ring (bicyclic) bond motifs is 2. The predicted molar refractivity (Wildman–Crippen MR) is 209 cm³/mol. The van der Waals surface area contributed by atoms with Crippen LogP contribution in [0.1, 0.15) is 106 Å². The molecule has 2 aromatic rings. The quantitative estimate of drug-likeness (QED) is 0.0855. The second-order valence-electron chi connectivity index (χ2n) is 15.7. The number of nitrogens with zero attached hydrogens (tertiary/aromatic N) is 3. The summed E-state index contributed by atoms with van der Waals surface area (Å²) in [6, 6.07) is 11.5. The van der Waals surface area contributed by atoms with Crippen LogP contribution in [0.25, 0.3) is 0 Å². The van der Waals surface area contributed by atoms with E-state index in [1.165, 1.54) is 25.7 Å². The van der Waals surface area contributed by atoms with E-state index in [9.17, 15) is 15.0 Å². The highest BCUT2D eigenvalue weighted by Crippen LogP contribution is 2.61. The van der Waals surface area contributed by atoms with Crippen LogP contribution >= 0.6 is 0 Å². The average Bonchev–Trinajstić information content (AvgIpc) is 3.71. The molecular weight excluding hydrogens is 682 g/mol. The lowest BCUT2D eigenvalue weighted by atomic mass is 9.55. The van der Waals surface area contributed by atoms with Crippen LogP contribution in [0, 0.1) is 30.6 Å². The van der Waals surface area contributed by atoms with Crippen LogP contribution in [0.5, 0.6) is 11.5 Å². The molecule has 10 heteroatoms. The van der Waals surface area contributed by atoms with E-state index in [1.807, 2.05) is 49.2 Å². The number of ether oxygens (including phenoxy) is 3. The van der Waals surface area contributed by atoms with Crippen molar-refractivity contribution in [1.82, 2.24) is 9.88 Å². The molecule has 0 saturated heterocycles. The summed E-state index contributed by atoms with van der Waals surface area (Å²) in [6.45, 7) is 6.84. The largest absolute Gasteiger partial charge is 0.487 e. The lowest BCUT2D eigenvalue weighted by Crippen LogP contribution is -2.69. The Morgan fingerprint density at radius 3 is 2.59 bits per heavy atom. The first kappa shape index (κ1) is 39.9.